The molecule has 1 aromatic heterocycles. The number of unbranched alkanes of at least 4 members (excludes halogenated alkanes) is 1. The Morgan fingerprint density at radius 3 is 2.68 bits per heavy atom. The summed E-state index contributed by atoms with van der Waals surface area (Å²) < 4.78 is 10.6. The third-order valence-electron chi connectivity index (χ3n) is 4.78. The van der Waals surface area contributed by atoms with Gasteiger partial charge < -0.3 is 19.2 Å². The Labute approximate surface area is 166 Å². The summed E-state index contributed by atoms with van der Waals surface area (Å²) in [6.07, 6.45) is 3.46. The predicted molar refractivity (Wildman–Crippen MR) is 110 cm³/mol. The highest BCUT2D eigenvalue weighted by Gasteiger charge is 2.19. The number of carbonyl (C=O) groups excluding carboxylic acids is 1. The van der Waals surface area contributed by atoms with E-state index < -0.39 is 5.63 Å². The summed E-state index contributed by atoms with van der Waals surface area (Å²) in [6, 6.07) is 3.26. The number of benzene rings is 1. The second-order valence-corrected chi connectivity index (χ2v) is 7.30. The Morgan fingerprint density at radius 2 is 2.00 bits per heavy atom. The average molecular weight is 389 g/mol. The number of rotatable bonds is 10. The van der Waals surface area contributed by atoms with Gasteiger partial charge in [-0.1, -0.05) is 20.3 Å². The molecule has 0 aliphatic heterocycles. The molecule has 6 nitrogen and oxygen atoms in total. The molecule has 0 radical (unpaired) electrons. The maximum absolute atomic E-state index is 11.9. The van der Waals surface area contributed by atoms with E-state index in [0.717, 1.165) is 36.8 Å². The number of esters is 1. The lowest BCUT2D eigenvalue weighted by Crippen LogP contribution is -2.19. The van der Waals surface area contributed by atoms with Crippen molar-refractivity contribution in [2.45, 2.75) is 59.4 Å². The maximum atomic E-state index is 11.9. The molecular formula is C22H31NO5. The first kappa shape index (κ1) is 22.0. The highest BCUT2D eigenvalue weighted by atomic mass is 16.5. The zero-order valence-corrected chi connectivity index (χ0v) is 17.3. The summed E-state index contributed by atoms with van der Waals surface area (Å²) in [5, 5.41) is 11.7. The summed E-state index contributed by atoms with van der Waals surface area (Å²) in [4.78, 5) is 25.9. The monoisotopic (exact) mass is 389 g/mol. The van der Waals surface area contributed by atoms with Crippen LogP contribution in [-0.2, 0) is 22.5 Å². The third-order valence-corrected chi connectivity index (χ3v) is 4.78. The zero-order chi connectivity index (χ0) is 20.7. The number of aromatic hydroxyl groups is 1. The van der Waals surface area contributed by atoms with Crippen LogP contribution in [0.2, 0.25) is 0 Å². The van der Waals surface area contributed by atoms with E-state index in [1.54, 1.807) is 0 Å². The molecule has 6 heteroatoms. The highest BCUT2D eigenvalue weighted by Crippen LogP contribution is 2.34. The summed E-state index contributed by atoms with van der Waals surface area (Å²) in [5.41, 5.74) is 2.03. The number of hydrogen-bond acceptors (Lipinski definition) is 6. The van der Waals surface area contributed by atoms with Gasteiger partial charge in [-0.2, -0.15) is 0 Å². The standard InChI is InChI=1S/C22H31NO5/c1-5-7-10-23(4)14-18-21(26)16(8-9-19(24)27-11-6-2)13-17-15(3)12-20(25)28-22(17)18/h12-13,26H,5-11,14H2,1-4H3. The molecule has 0 spiro atoms. The van der Waals surface area contributed by atoms with E-state index in [2.05, 4.69) is 11.8 Å². The van der Waals surface area contributed by atoms with Crippen LogP contribution in [0.1, 0.15) is 56.2 Å². The fourth-order valence-corrected chi connectivity index (χ4v) is 3.21. The van der Waals surface area contributed by atoms with Crippen molar-refractivity contribution in [2.24, 2.45) is 0 Å². The normalized spacial score (nSPS) is 11.3. The topological polar surface area (TPSA) is 80.0 Å². The predicted octanol–water partition coefficient (Wildman–Crippen LogP) is 3.92. The van der Waals surface area contributed by atoms with Gasteiger partial charge in [-0.25, -0.2) is 4.79 Å². The van der Waals surface area contributed by atoms with Gasteiger partial charge in [0.05, 0.1) is 12.2 Å². The van der Waals surface area contributed by atoms with Crippen molar-refractivity contribution in [2.75, 3.05) is 20.2 Å². The molecule has 0 unspecified atom stereocenters. The van der Waals surface area contributed by atoms with Gasteiger partial charge in [0.25, 0.3) is 0 Å². The minimum Gasteiger partial charge on any atom is -0.507 e. The number of hydrogen-bond donors (Lipinski definition) is 1. The summed E-state index contributed by atoms with van der Waals surface area (Å²) in [5.74, 6) is -0.188. The lowest BCUT2D eigenvalue weighted by atomic mass is 9.98. The van der Waals surface area contributed by atoms with Crippen molar-refractivity contribution in [3.8, 4) is 5.75 Å². The first-order valence-electron chi connectivity index (χ1n) is 9.99. The minimum absolute atomic E-state index is 0.0906. The van der Waals surface area contributed by atoms with Crippen molar-refractivity contribution in [3.63, 3.8) is 0 Å². The quantitative estimate of drug-likeness (QED) is 0.490. The van der Waals surface area contributed by atoms with Crippen molar-refractivity contribution in [1.82, 2.24) is 4.90 Å². The van der Waals surface area contributed by atoms with Gasteiger partial charge in [-0.15, -0.1) is 0 Å². The number of nitrogens with zero attached hydrogens (tertiary/aromatic N) is 1. The van der Waals surface area contributed by atoms with E-state index in [1.807, 2.05) is 27.0 Å². The first-order valence-corrected chi connectivity index (χ1v) is 9.99. The molecule has 154 valence electrons. The number of aryl methyl sites for hydroxylation is 2. The smallest absolute Gasteiger partial charge is 0.336 e. The number of phenolic OH excluding ortho intramolecular Hbond substituents is 1. The van der Waals surface area contributed by atoms with Crippen LogP contribution in [-0.4, -0.2) is 36.2 Å². The highest BCUT2D eigenvalue weighted by molar-refractivity contribution is 5.86. The zero-order valence-electron chi connectivity index (χ0n) is 17.3. The third kappa shape index (κ3) is 5.58. The Bertz CT molecular complexity index is 871. The van der Waals surface area contributed by atoms with Gasteiger partial charge in [0.1, 0.15) is 11.3 Å². The second-order valence-electron chi connectivity index (χ2n) is 7.30. The fraction of sp³-hybridized carbons (Fsp3) is 0.545. The Morgan fingerprint density at radius 1 is 1.25 bits per heavy atom. The van der Waals surface area contributed by atoms with Crippen LogP contribution < -0.4 is 5.63 Å². The molecule has 2 rings (SSSR count). The maximum Gasteiger partial charge on any atom is 0.336 e. The Hall–Kier alpha value is -2.34. The van der Waals surface area contributed by atoms with Crippen molar-refractivity contribution < 1.29 is 19.1 Å². The summed E-state index contributed by atoms with van der Waals surface area (Å²) in [6.45, 7) is 7.66. The number of fused-ring (bicyclic) bond motifs is 1. The van der Waals surface area contributed by atoms with E-state index in [0.29, 0.717) is 36.3 Å². The molecule has 0 saturated carbocycles. The molecule has 1 heterocycles. The van der Waals surface area contributed by atoms with E-state index in [1.165, 1.54) is 6.07 Å². The molecule has 0 aliphatic rings. The SMILES string of the molecule is CCCCN(C)Cc1c(O)c(CCC(=O)OCCC)cc2c(C)cc(=O)oc12. The van der Waals surface area contributed by atoms with E-state index in [-0.39, 0.29) is 18.1 Å². The van der Waals surface area contributed by atoms with E-state index in [4.69, 9.17) is 9.15 Å². The van der Waals surface area contributed by atoms with Crippen LogP contribution >= 0.6 is 0 Å². The molecule has 0 bridgehead atoms. The molecule has 2 aromatic rings. The van der Waals surface area contributed by atoms with Crippen LogP contribution in [0.3, 0.4) is 0 Å². The summed E-state index contributed by atoms with van der Waals surface area (Å²) >= 11 is 0. The minimum atomic E-state index is -0.433. The second kappa shape index (κ2) is 10.3. The van der Waals surface area contributed by atoms with Crippen LogP contribution in [0, 0.1) is 6.92 Å². The van der Waals surface area contributed by atoms with Crippen molar-refractivity contribution in [3.05, 3.63) is 39.2 Å². The fourth-order valence-electron chi connectivity index (χ4n) is 3.21. The molecule has 0 aliphatic carbocycles. The van der Waals surface area contributed by atoms with Gasteiger partial charge in [-0.05, 0) is 57.0 Å². The molecule has 0 saturated heterocycles. The molecule has 0 amide bonds. The van der Waals surface area contributed by atoms with Crippen LogP contribution in [0.4, 0.5) is 0 Å². The average Bonchev–Trinajstić information content (AvgIpc) is 2.66. The number of phenols is 1. The van der Waals surface area contributed by atoms with Crippen molar-refractivity contribution in [1.29, 1.82) is 0 Å². The van der Waals surface area contributed by atoms with Crippen LogP contribution in [0.15, 0.2) is 21.3 Å². The Kier molecular flexibility index (Phi) is 8.05. The molecule has 28 heavy (non-hydrogen) atoms. The van der Waals surface area contributed by atoms with Gasteiger partial charge in [-0.3, -0.25) is 4.79 Å². The lowest BCUT2D eigenvalue weighted by Gasteiger charge is -2.20. The van der Waals surface area contributed by atoms with Gasteiger partial charge >= 0.3 is 11.6 Å². The molecule has 0 fully saturated rings. The number of carbonyl (C=O) groups is 1. The van der Waals surface area contributed by atoms with Crippen molar-refractivity contribution >= 4 is 16.9 Å². The molecule has 1 N–H and O–H groups in total. The lowest BCUT2D eigenvalue weighted by molar-refractivity contribution is -0.143. The largest absolute Gasteiger partial charge is 0.507 e. The van der Waals surface area contributed by atoms with E-state index in [9.17, 15) is 14.7 Å². The summed E-state index contributed by atoms with van der Waals surface area (Å²) in [7, 11) is 1.98. The van der Waals surface area contributed by atoms with Gasteiger partial charge in [0.2, 0.25) is 0 Å². The molecule has 0 atom stereocenters. The van der Waals surface area contributed by atoms with E-state index >= 15 is 0 Å². The Balaban J connectivity index is 2.41. The van der Waals surface area contributed by atoms with Gasteiger partial charge in [0, 0.05) is 24.4 Å². The molecule has 1 aromatic carbocycles. The first-order chi connectivity index (χ1) is 13.4. The molecular weight excluding hydrogens is 358 g/mol. The van der Waals surface area contributed by atoms with Crippen LogP contribution in [0.5, 0.6) is 5.75 Å². The number of ether oxygens (including phenoxy) is 1. The van der Waals surface area contributed by atoms with Crippen LogP contribution in [0.25, 0.3) is 11.0 Å². The van der Waals surface area contributed by atoms with Gasteiger partial charge in [0.15, 0.2) is 0 Å².